The maximum absolute atomic E-state index is 0. The molecule has 0 atom stereocenters. The minimum atomic E-state index is 0. The van der Waals surface area contributed by atoms with Gasteiger partial charge in [0.15, 0.2) is 0 Å². The first kappa shape index (κ1) is 29.0. The summed E-state index contributed by atoms with van der Waals surface area (Å²) in [5, 5.41) is 0. The van der Waals surface area contributed by atoms with Crippen molar-refractivity contribution in [1.82, 2.24) is 0 Å². The first-order valence-electron chi connectivity index (χ1n) is 0. The maximum Gasteiger partial charge on any atom is 0 e. The molecule has 0 aromatic heterocycles. The second-order valence-electron chi connectivity index (χ2n) is 0. The summed E-state index contributed by atoms with van der Waals surface area (Å²) >= 11 is 0. The first-order chi connectivity index (χ1) is 0. The van der Waals surface area contributed by atoms with E-state index in [4.69, 9.17) is 0 Å². The molecular weight excluding hydrogens is 186 g/mol. The van der Waals surface area contributed by atoms with E-state index in [-0.39, 0.29) is 89.2 Å². The van der Waals surface area contributed by atoms with Crippen LogP contribution in [0.2, 0.25) is 0 Å². The van der Waals surface area contributed by atoms with E-state index in [0.29, 0.717) is 0 Å². The zero-order chi connectivity index (χ0) is 0. The Morgan fingerprint density at radius 3 is 1.00 bits per heavy atom. The van der Waals surface area contributed by atoms with Crippen molar-refractivity contribution in [3.63, 3.8) is 0 Å². The van der Waals surface area contributed by atoms with E-state index in [1.807, 2.05) is 0 Å². The summed E-state index contributed by atoms with van der Waals surface area (Å²) in [4.78, 5) is 0. The van der Waals surface area contributed by atoms with Crippen LogP contribution in [-0.4, -0.2) is 55.1 Å². The van der Waals surface area contributed by atoms with Crippen LogP contribution in [0.25, 0.3) is 0 Å². The third-order valence-corrected chi connectivity index (χ3v) is 0. The van der Waals surface area contributed by atoms with Crippen molar-refractivity contribution >= 4 is 55.1 Å². The van der Waals surface area contributed by atoms with E-state index in [9.17, 15) is 0 Å². The number of rotatable bonds is 0. The largest absolute Gasteiger partial charge is 0 e. The normalized spacial score (nSPS) is 0. The van der Waals surface area contributed by atoms with Gasteiger partial charge in [-0.05, 0) is 0 Å². The molecule has 0 aliphatic carbocycles. The van der Waals surface area contributed by atoms with Gasteiger partial charge in [0.05, 0.1) is 0 Å². The second kappa shape index (κ2) is 17.0. The van der Waals surface area contributed by atoms with Gasteiger partial charge < -0.3 is 0 Å². The summed E-state index contributed by atoms with van der Waals surface area (Å²) in [6.45, 7) is 0. The predicted octanol–water partition coefficient (Wildman–Crippen LogP) is -0.767. The third kappa shape index (κ3) is 8.85. The van der Waals surface area contributed by atoms with Crippen LogP contribution in [0.15, 0.2) is 0 Å². The standard InChI is InChI=1S/Al.Ca.Cu.Fe. The minimum Gasteiger partial charge on any atom is 0 e. The molecule has 0 spiro atoms. The van der Waals surface area contributed by atoms with Crippen molar-refractivity contribution in [2.24, 2.45) is 0 Å². The Bertz CT molecular complexity index is 8.00. The monoisotopic (exact) mass is 186 g/mol. The average Bonchev–Trinajstić information content (AvgIpc) is 0. The van der Waals surface area contributed by atoms with Crippen LogP contribution in [-0.2, 0) is 34.1 Å². The van der Waals surface area contributed by atoms with E-state index in [0.717, 1.165) is 0 Å². The van der Waals surface area contributed by atoms with E-state index < -0.39 is 0 Å². The van der Waals surface area contributed by atoms with E-state index in [1.54, 1.807) is 0 Å². The second-order valence-corrected chi connectivity index (χ2v) is 0. The zero-order valence-electron chi connectivity index (χ0n) is 1.94. The molecule has 6 radical (unpaired) electrons. The Morgan fingerprint density at radius 2 is 1.00 bits per heavy atom. The molecule has 0 aliphatic rings. The van der Waals surface area contributed by atoms with Crippen LogP contribution in [0.3, 0.4) is 0 Å². The van der Waals surface area contributed by atoms with Gasteiger partial charge in [-0.25, -0.2) is 0 Å². The SMILES string of the molecule is [Al].[Ca].[Cu].[Fe]. The molecule has 24 valence electrons. The molecule has 0 amide bonds. The molecule has 4 heavy (non-hydrogen) atoms. The van der Waals surface area contributed by atoms with Gasteiger partial charge in [0.25, 0.3) is 0 Å². The van der Waals surface area contributed by atoms with Crippen LogP contribution < -0.4 is 0 Å². The van der Waals surface area contributed by atoms with Gasteiger partial charge in [-0.2, -0.15) is 0 Å². The van der Waals surface area contributed by atoms with Crippen molar-refractivity contribution < 1.29 is 34.1 Å². The van der Waals surface area contributed by atoms with Crippen LogP contribution in [0.4, 0.5) is 0 Å². The molecule has 0 aromatic rings. The van der Waals surface area contributed by atoms with Crippen LogP contribution >= 0.6 is 0 Å². The smallest absolute Gasteiger partial charge is 0 e. The fourth-order valence-corrected chi connectivity index (χ4v) is 0. The molecule has 0 aliphatic heterocycles. The Kier molecular flexibility index (Phi) is 123. The van der Waals surface area contributed by atoms with Crippen LogP contribution in [0, 0.1) is 0 Å². The summed E-state index contributed by atoms with van der Waals surface area (Å²) in [5.41, 5.74) is 0. The Balaban J connectivity index is 0. The topological polar surface area (TPSA) is 0 Å². The summed E-state index contributed by atoms with van der Waals surface area (Å²) < 4.78 is 0. The molecule has 0 N–H and O–H groups in total. The van der Waals surface area contributed by atoms with E-state index >= 15 is 0 Å². The van der Waals surface area contributed by atoms with Gasteiger partial charge in [0, 0.05) is 89.2 Å². The molecule has 0 heterocycles. The van der Waals surface area contributed by atoms with Gasteiger partial charge in [-0.15, -0.1) is 0 Å². The summed E-state index contributed by atoms with van der Waals surface area (Å²) in [6.07, 6.45) is 0. The van der Waals surface area contributed by atoms with Crippen molar-refractivity contribution in [3.05, 3.63) is 0 Å². The van der Waals surface area contributed by atoms with Crippen LogP contribution in [0.5, 0.6) is 0 Å². The molecule has 0 bridgehead atoms. The van der Waals surface area contributed by atoms with Crippen molar-refractivity contribution in [1.29, 1.82) is 0 Å². The molecule has 0 rings (SSSR count). The van der Waals surface area contributed by atoms with Gasteiger partial charge in [0.1, 0.15) is 0 Å². The number of hydrogen-bond acceptors (Lipinski definition) is 0. The molecule has 0 nitrogen and oxygen atoms in total. The maximum atomic E-state index is 0. The molecule has 4 heteroatoms. The molecule has 0 saturated heterocycles. The fourth-order valence-electron chi connectivity index (χ4n) is 0. The molecule has 0 unspecified atom stereocenters. The van der Waals surface area contributed by atoms with Crippen LogP contribution in [0.1, 0.15) is 0 Å². The van der Waals surface area contributed by atoms with Crippen molar-refractivity contribution in [2.45, 2.75) is 0 Å². The zero-order valence-corrected chi connectivity index (χ0v) is 7.35. The Morgan fingerprint density at radius 1 is 1.00 bits per heavy atom. The van der Waals surface area contributed by atoms with Gasteiger partial charge in [-0.3, -0.25) is 0 Å². The van der Waals surface area contributed by atoms with E-state index in [1.165, 1.54) is 0 Å². The summed E-state index contributed by atoms with van der Waals surface area (Å²) in [5.74, 6) is 0. The molecule has 0 aromatic carbocycles. The summed E-state index contributed by atoms with van der Waals surface area (Å²) in [6, 6.07) is 0. The minimum absolute atomic E-state index is 0. The van der Waals surface area contributed by atoms with Crippen molar-refractivity contribution in [3.8, 4) is 0 Å². The molecule has 0 saturated carbocycles. The molecular formula is AlCaCuFe. The summed E-state index contributed by atoms with van der Waals surface area (Å²) in [7, 11) is 0. The quantitative estimate of drug-likeness (QED) is 0.436. The Hall–Kier alpha value is 2.83. The van der Waals surface area contributed by atoms with Gasteiger partial charge >= 0.3 is 0 Å². The number of hydrogen-bond donors (Lipinski definition) is 0. The van der Waals surface area contributed by atoms with Gasteiger partial charge in [-0.1, -0.05) is 0 Å². The van der Waals surface area contributed by atoms with E-state index in [2.05, 4.69) is 0 Å². The van der Waals surface area contributed by atoms with Crippen molar-refractivity contribution in [2.75, 3.05) is 0 Å². The fraction of sp³-hybridized carbons (Fsp3) is 0. The first-order valence-corrected chi connectivity index (χ1v) is 0. The third-order valence-electron chi connectivity index (χ3n) is 0. The Labute approximate surface area is 87.5 Å². The molecule has 0 fully saturated rings. The predicted molar refractivity (Wildman–Crippen MR) is 11.5 cm³/mol. The average molecular weight is 186 g/mol. The van der Waals surface area contributed by atoms with Gasteiger partial charge in [0.2, 0.25) is 0 Å².